The van der Waals surface area contributed by atoms with Gasteiger partial charge in [-0.25, -0.2) is 17.5 Å². The standard InChI is InChI=1S/C18H20FN3O5S/c1-13-2-8-16(9-3-13)28(25,26)20-11-10-17(23)21-22-18(24)12-27-15-6-4-14(19)5-7-15/h2-9,20H,10-12H2,1H3,(H,21,23)(H,22,24). The van der Waals surface area contributed by atoms with E-state index in [0.717, 1.165) is 5.56 Å². The molecule has 0 aromatic heterocycles. The lowest BCUT2D eigenvalue weighted by molar-refractivity contribution is -0.129. The van der Waals surface area contributed by atoms with E-state index in [2.05, 4.69) is 15.6 Å². The first-order valence-electron chi connectivity index (χ1n) is 8.29. The van der Waals surface area contributed by atoms with Gasteiger partial charge in [-0.2, -0.15) is 0 Å². The number of hydrogen-bond acceptors (Lipinski definition) is 5. The van der Waals surface area contributed by atoms with Crippen molar-refractivity contribution in [3.63, 3.8) is 0 Å². The monoisotopic (exact) mass is 409 g/mol. The van der Waals surface area contributed by atoms with E-state index < -0.39 is 27.7 Å². The van der Waals surface area contributed by atoms with Crippen molar-refractivity contribution < 1.29 is 27.1 Å². The second-order valence-electron chi connectivity index (χ2n) is 5.80. The largest absolute Gasteiger partial charge is 0.484 e. The number of halogens is 1. The topological polar surface area (TPSA) is 114 Å². The van der Waals surface area contributed by atoms with Gasteiger partial charge < -0.3 is 4.74 Å². The molecule has 3 N–H and O–H groups in total. The molecule has 0 aliphatic carbocycles. The summed E-state index contributed by atoms with van der Waals surface area (Å²) in [6.45, 7) is 1.32. The van der Waals surface area contributed by atoms with Gasteiger partial charge >= 0.3 is 0 Å². The van der Waals surface area contributed by atoms with Crippen molar-refractivity contribution in [3.05, 3.63) is 59.9 Å². The molecule has 0 unspecified atom stereocenters. The van der Waals surface area contributed by atoms with Crippen LogP contribution in [0.5, 0.6) is 5.75 Å². The van der Waals surface area contributed by atoms with Crippen molar-refractivity contribution in [1.29, 1.82) is 0 Å². The Kier molecular flexibility index (Phi) is 7.47. The Hall–Kier alpha value is -2.98. The fourth-order valence-electron chi connectivity index (χ4n) is 2.02. The van der Waals surface area contributed by atoms with Crippen LogP contribution in [-0.2, 0) is 19.6 Å². The van der Waals surface area contributed by atoms with Crippen LogP contribution in [0.1, 0.15) is 12.0 Å². The molecule has 2 aromatic carbocycles. The van der Waals surface area contributed by atoms with Crippen molar-refractivity contribution in [1.82, 2.24) is 15.6 Å². The third kappa shape index (κ3) is 6.97. The fraction of sp³-hybridized carbons (Fsp3) is 0.222. The Morgan fingerprint density at radius 3 is 2.21 bits per heavy atom. The highest BCUT2D eigenvalue weighted by Crippen LogP contribution is 2.11. The highest BCUT2D eigenvalue weighted by molar-refractivity contribution is 7.89. The number of ether oxygens (including phenoxy) is 1. The van der Waals surface area contributed by atoms with E-state index in [0.29, 0.717) is 5.75 Å². The number of nitrogens with one attached hydrogen (secondary N) is 3. The maximum absolute atomic E-state index is 12.8. The van der Waals surface area contributed by atoms with Gasteiger partial charge in [0.25, 0.3) is 5.91 Å². The molecule has 0 saturated heterocycles. The molecule has 0 heterocycles. The van der Waals surface area contributed by atoms with Gasteiger partial charge in [-0.05, 0) is 43.3 Å². The summed E-state index contributed by atoms with van der Waals surface area (Å²) in [7, 11) is -3.71. The minimum absolute atomic E-state index is 0.102. The zero-order chi connectivity index (χ0) is 20.6. The number of sulfonamides is 1. The third-order valence-electron chi connectivity index (χ3n) is 3.50. The van der Waals surface area contributed by atoms with Crippen molar-refractivity contribution in [3.8, 4) is 5.75 Å². The molecule has 2 amide bonds. The molecule has 0 radical (unpaired) electrons. The summed E-state index contributed by atoms with van der Waals surface area (Å²) in [6, 6.07) is 11.4. The van der Waals surface area contributed by atoms with Crippen molar-refractivity contribution in [2.45, 2.75) is 18.2 Å². The lowest BCUT2D eigenvalue weighted by atomic mass is 10.2. The number of hydrazine groups is 1. The maximum Gasteiger partial charge on any atom is 0.276 e. The minimum atomic E-state index is -3.71. The van der Waals surface area contributed by atoms with Crippen LogP contribution in [0.2, 0.25) is 0 Å². The van der Waals surface area contributed by atoms with Gasteiger partial charge in [-0.1, -0.05) is 17.7 Å². The maximum atomic E-state index is 12.8. The molecular weight excluding hydrogens is 389 g/mol. The molecule has 8 nitrogen and oxygen atoms in total. The van der Waals surface area contributed by atoms with Gasteiger partial charge in [0.1, 0.15) is 11.6 Å². The molecular formula is C18H20FN3O5S. The molecule has 10 heteroatoms. The van der Waals surface area contributed by atoms with Crippen LogP contribution < -0.4 is 20.3 Å². The van der Waals surface area contributed by atoms with Crippen molar-refractivity contribution in [2.75, 3.05) is 13.2 Å². The van der Waals surface area contributed by atoms with E-state index in [1.54, 1.807) is 12.1 Å². The summed E-state index contributed by atoms with van der Waals surface area (Å²) in [5.74, 6) is -1.34. The molecule has 28 heavy (non-hydrogen) atoms. The van der Waals surface area contributed by atoms with Gasteiger partial charge in [0.15, 0.2) is 6.61 Å². The van der Waals surface area contributed by atoms with Crippen molar-refractivity contribution >= 4 is 21.8 Å². The predicted octanol–water partition coefficient (Wildman–Crippen LogP) is 1.03. The predicted molar refractivity (Wildman–Crippen MR) is 99.2 cm³/mol. The summed E-state index contributed by atoms with van der Waals surface area (Å²) < 4.78 is 44.3. The Balaban J connectivity index is 1.67. The van der Waals surface area contributed by atoms with Gasteiger partial charge in [0, 0.05) is 13.0 Å². The van der Waals surface area contributed by atoms with Gasteiger partial charge in [0.2, 0.25) is 15.9 Å². The molecule has 2 aromatic rings. The quantitative estimate of drug-likeness (QED) is 0.564. The average molecular weight is 409 g/mol. The summed E-state index contributed by atoms with van der Waals surface area (Å²) in [4.78, 5) is 23.4. The first-order valence-corrected chi connectivity index (χ1v) is 9.77. The summed E-state index contributed by atoms with van der Waals surface area (Å²) in [5.41, 5.74) is 5.21. The van der Waals surface area contributed by atoms with Crippen LogP contribution in [0.3, 0.4) is 0 Å². The van der Waals surface area contributed by atoms with E-state index in [1.165, 1.54) is 36.4 Å². The number of aryl methyl sites for hydroxylation is 1. The lowest BCUT2D eigenvalue weighted by Gasteiger charge is -2.10. The molecule has 0 saturated carbocycles. The van der Waals surface area contributed by atoms with Gasteiger partial charge in [0.05, 0.1) is 4.90 Å². The SMILES string of the molecule is Cc1ccc(S(=O)(=O)NCCC(=O)NNC(=O)COc2ccc(F)cc2)cc1. The number of carbonyl (C=O) groups excluding carboxylic acids is 2. The van der Waals surface area contributed by atoms with E-state index in [1.807, 2.05) is 6.92 Å². The molecule has 2 rings (SSSR count). The normalized spacial score (nSPS) is 10.9. The Morgan fingerprint density at radius 2 is 1.57 bits per heavy atom. The van der Waals surface area contributed by atoms with E-state index in [-0.39, 0.29) is 24.5 Å². The third-order valence-corrected chi connectivity index (χ3v) is 4.98. The van der Waals surface area contributed by atoms with Crippen LogP contribution in [0.15, 0.2) is 53.4 Å². The zero-order valence-corrected chi connectivity index (χ0v) is 15.9. The van der Waals surface area contributed by atoms with Crippen LogP contribution in [0, 0.1) is 12.7 Å². The molecule has 0 atom stereocenters. The second-order valence-corrected chi connectivity index (χ2v) is 7.57. The number of rotatable bonds is 8. The summed E-state index contributed by atoms with van der Waals surface area (Å²) in [6.07, 6.45) is -0.176. The Morgan fingerprint density at radius 1 is 0.964 bits per heavy atom. The van der Waals surface area contributed by atoms with E-state index in [4.69, 9.17) is 4.74 Å². The highest BCUT2D eigenvalue weighted by atomic mass is 32.2. The first kappa shape index (κ1) is 21.3. The van der Waals surface area contributed by atoms with Crippen LogP contribution in [-0.4, -0.2) is 33.4 Å². The summed E-state index contributed by atoms with van der Waals surface area (Å²) in [5, 5.41) is 0. The second kappa shape index (κ2) is 9.81. The van der Waals surface area contributed by atoms with Crippen LogP contribution >= 0.6 is 0 Å². The number of hydrogen-bond donors (Lipinski definition) is 3. The van der Waals surface area contributed by atoms with E-state index in [9.17, 15) is 22.4 Å². The van der Waals surface area contributed by atoms with Crippen LogP contribution in [0.4, 0.5) is 4.39 Å². The zero-order valence-electron chi connectivity index (χ0n) is 15.1. The van der Waals surface area contributed by atoms with Crippen LogP contribution in [0.25, 0.3) is 0 Å². The fourth-order valence-corrected chi connectivity index (χ4v) is 3.05. The molecule has 0 fully saturated rings. The molecule has 0 spiro atoms. The smallest absolute Gasteiger partial charge is 0.276 e. The molecule has 0 aliphatic heterocycles. The van der Waals surface area contributed by atoms with Gasteiger partial charge in [-0.3, -0.25) is 20.4 Å². The van der Waals surface area contributed by atoms with Crippen molar-refractivity contribution in [2.24, 2.45) is 0 Å². The Labute approximate surface area is 162 Å². The average Bonchev–Trinajstić information content (AvgIpc) is 2.66. The number of amides is 2. The number of carbonyl (C=O) groups is 2. The molecule has 0 aliphatic rings. The molecule has 0 bridgehead atoms. The summed E-state index contributed by atoms with van der Waals surface area (Å²) >= 11 is 0. The van der Waals surface area contributed by atoms with E-state index >= 15 is 0 Å². The minimum Gasteiger partial charge on any atom is -0.484 e. The molecule has 150 valence electrons. The number of benzene rings is 2. The Bertz CT molecular complexity index is 915. The highest BCUT2D eigenvalue weighted by Gasteiger charge is 2.14. The first-order chi connectivity index (χ1) is 13.3. The van der Waals surface area contributed by atoms with Gasteiger partial charge in [-0.15, -0.1) is 0 Å². The lowest BCUT2D eigenvalue weighted by Crippen LogP contribution is -2.44.